The van der Waals surface area contributed by atoms with Gasteiger partial charge in [-0.2, -0.15) is 4.98 Å². The van der Waals surface area contributed by atoms with Crippen molar-refractivity contribution in [3.63, 3.8) is 0 Å². The van der Waals surface area contributed by atoms with E-state index in [2.05, 4.69) is 15.1 Å². The Kier molecular flexibility index (Phi) is 5.24. The van der Waals surface area contributed by atoms with Gasteiger partial charge in [-0.3, -0.25) is 4.79 Å². The molecule has 0 unspecified atom stereocenters. The van der Waals surface area contributed by atoms with Crippen molar-refractivity contribution in [1.82, 2.24) is 24.6 Å². The Hall–Kier alpha value is -3.48. The van der Waals surface area contributed by atoms with E-state index in [1.807, 2.05) is 64.9 Å². The summed E-state index contributed by atoms with van der Waals surface area (Å²) in [6.07, 6.45) is 4.48. The lowest BCUT2D eigenvalue weighted by Crippen LogP contribution is -2.42. The van der Waals surface area contributed by atoms with Gasteiger partial charge in [-0.05, 0) is 43.4 Å². The number of hydrogen-bond donors (Lipinski definition) is 0. The average Bonchev–Trinajstić information content (AvgIpc) is 3.42. The fraction of sp³-hybridized carbons (Fsp3) is 0.333. The molecule has 1 amide bonds. The Balaban J connectivity index is 1.23. The topological polar surface area (TPSA) is 77.0 Å². The van der Waals surface area contributed by atoms with Crippen LogP contribution in [0.25, 0.3) is 22.4 Å². The molecule has 4 aromatic rings. The predicted molar refractivity (Wildman–Crippen MR) is 117 cm³/mol. The molecule has 0 bridgehead atoms. The number of benzene rings is 2. The van der Waals surface area contributed by atoms with Crippen molar-refractivity contribution in [3.8, 4) is 11.4 Å². The largest absolute Gasteiger partial charge is 0.341 e. The summed E-state index contributed by atoms with van der Waals surface area (Å²) in [6, 6.07) is 15.9. The summed E-state index contributed by atoms with van der Waals surface area (Å²) >= 11 is 0. The van der Waals surface area contributed by atoms with Crippen LogP contribution in [-0.4, -0.2) is 43.6 Å². The van der Waals surface area contributed by atoms with E-state index in [4.69, 9.17) is 4.52 Å². The minimum atomic E-state index is 0.124. The highest BCUT2D eigenvalue weighted by Gasteiger charge is 2.26. The molecular formula is C24H25N5O2. The van der Waals surface area contributed by atoms with E-state index in [0.717, 1.165) is 41.5 Å². The second kappa shape index (κ2) is 8.34. The normalized spacial score (nSPS) is 16.7. The number of rotatable bonds is 5. The van der Waals surface area contributed by atoms with Crippen LogP contribution in [0.3, 0.4) is 0 Å². The second-order valence-electron chi connectivity index (χ2n) is 8.24. The second-order valence-corrected chi connectivity index (χ2v) is 8.24. The minimum Gasteiger partial charge on any atom is -0.341 e. The zero-order valence-electron chi connectivity index (χ0n) is 17.6. The fourth-order valence-electron chi connectivity index (χ4n) is 4.36. The lowest BCUT2D eigenvalue weighted by atomic mass is 9.94. The van der Waals surface area contributed by atoms with Crippen molar-refractivity contribution < 1.29 is 9.32 Å². The number of hydrogen-bond acceptors (Lipinski definition) is 5. The average molecular weight is 415 g/mol. The Morgan fingerprint density at radius 3 is 2.90 bits per heavy atom. The highest BCUT2D eigenvalue weighted by atomic mass is 16.5. The van der Waals surface area contributed by atoms with Gasteiger partial charge in [0, 0.05) is 25.1 Å². The number of carbonyl (C=O) groups is 1. The molecule has 1 atom stereocenters. The number of aryl methyl sites for hydroxylation is 1. The Labute approximate surface area is 180 Å². The van der Waals surface area contributed by atoms with Crippen LogP contribution in [0.2, 0.25) is 0 Å². The third-order valence-electron chi connectivity index (χ3n) is 6.02. The van der Waals surface area contributed by atoms with E-state index < -0.39 is 0 Å². The summed E-state index contributed by atoms with van der Waals surface area (Å²) < 4.78 is 7.45. The first kappa shape index (κ1) is 19.5. The molecule has 158 valence electrons. The zero-order valence-corrected chi connectivity index (χ0v) is 17.6. The summed E-state index contributed by atoms with van der Waals surface area (Å²) in [5.74, 6) is 1.71. The van der Waals surface area contributed by atoms with Crippen LogP contribution in [0, 0.1) is 12.8 Å². The molecule has 1 fully saturated rings. The molecule has 31 heavy (non-hydrogen) atoms. The Morgan fingerprint density at radius 1 is 1.16 bits per heavy atom. The highest BCUT2D eigenvalue weighted by molar-refractivity contribution is 5.80. The molecular weight excluding hydrogens is 390 g/mol. The van der Waals surface area contributed by atoms with Gasteiger partial charge >= 0.3 is 0 Å². The van der Waals surface area contributed by atoms with Crippen molar-refractivity contribution in [3.05, 3.63) is 66.3 Å². The highest BCUT2D eigenvalue weighted by Crippen LogP contribution is 2.24. The van der Waals surface area contributed by atoms with Gasteiger partial charge in [0.25, 0.3) is 0 Å². The molecule has 7 nitrogen and oxygen atoms in total. The molecule has 0 aliphatic carbocycles. The van der Waals surface area contributed by atoms with Crippen LogP contribution in [0.15, 0.2) is 59.4 Å². The molecule has 0 N–H and O–H groups in total. The van der Waals surface area contributed by atoms with Gasteiger partial charge in [0.15, 0.2) is 0 Å². The van der Waals surface area contributed by atoms with Crippen molar-refractivity contribution >= 4 is 16.9 Å². The third-order valence-corrected chi connectivity index (χ3v) is 6.02. The monoisotopic (exact) mass is 415 g/mol. The van der Waals surface area contributed by atoms with Crippen molar-refractivity contribution in [2.24, 2.45) is 5.92 Å². The summed E-state index contributed by atoms with van der Waals surface area (Å²) in [4.78, 5) is 23.9. The predicted octanol–water partition coefficient (Wildman–Crippen LogP) is 3.88. The quantitative estimate of drug-likeness (QED) is 0.494. The van der Waals surface area contributed by atoms with Crippen LogP contribution in [0.1, 0.15) is 24.3 Å². The fourth-order valence-corrected chi connectivity index (χ4v) is 4.36. The molecule has 7 heteroatoms. The third kappa shape index (κ3) is 4.08. The maximum absolute atomic E-state index is 13.0. The van der Waals surface area contributed by atoms with Crippen molar-refractivity contribution in [2.45, 2.75) is 32.7 Å². The van der Waals surface area contributed by atoms with Gasteiger partial charge < -0.3 is 14.0 Å². The molecule has 1 saturated heterocycles. The first-order valence-corrected chi connectivity index (χ1v) is 10.7. The Bertz CT molecular complexity index is 1210. The summed E-state index contributed by atoms with van der Waals surface area (Å²) in [5.41, 5.74) is 4.01. The zero-order chi connectivity index (χ0) is 21.2. The van der Waals surface area contributed by atoms with Crippen LogP contribution >= 0.6 is 0 Å². The van der Waals surface area contributed by atoms with Crippen LogP contribution in [0.4, 0.5) is 0 Å². The maximum Gasteiger partial charge on any atom is 0.242 e. The van der Waals surface area contributed by atoms with Gasteiger partial charge in [-0.1, -0.05) is 41.6 Å². The lowest BCUT2D eigenvalue weighted by Gasteiger charge is -2.32. The smallest absolute Gasteiger partial charge is 0.242 e. The minimum absolute atomic E-state index is 0.124. The summed E-state index contributed by atoms with van der Waals surface area (Å²) in [5, 5.41) is 4.17. The van der Waals surface area contributed by atoms with Gasteiger partial charge in [0.2, 0.25) is 17.6 Å². The van der Waals surface area contributed by atoms with Crippen LogP contribution < -0.4 is 0 Å². The summed E-state index contributed by atoms with van der Waals surface area (Å²) in [6.45, 7) is 3.86. The number of imidazole rings is 1. The molecule has 0 radical (unpaired) electrons. The van der Waals surface area contributed by atoms with Gasteiger partial charge in [0.1, 0.15) is 6.54 Å². The SMILES string of the molecule is Cc1ccccc1-c1noc(C[C@@H]2CCCN(C(=O)Cn3cnc4ccccc43)C2)n1. The lowest BCUT2D eigenvalue weighted by molar-refractivity contribution is -0.133. The number of amides is 1. The van der Waals surface area contributed by atoms with E-state index in [-0.39, 0.29) is 5.91 Å². The maximum atomic E-state index is 13.0. The number of piperidine rings is 1. The van der Waals surface area contributed by atoms with Crippen LogP contribution in [-0.2, 0) is 17.8 Å². The van der Waals surface area contributed by atoms with Crippen LogP contribution in [0.5, 0.6) is 0 Å². The molecule has 0 saturated carbocycles. The van der Waals surface area contributed by atoms with E-state index in [9.17, 15) is 4.79 Å². The molecule has 2 aromatic carbocycles. The number of nitrogens with zero attached hydrogens (tertiary/aromatic N) is 5. The number of para-hydroxylation sites is 2. The molecule has 0 spiro atoms. The molecule has 5 rings (SSSR count). The molecule has 1 aliphatic heterocycles. The van der Waals surface area contributed by atoms with E-state index >= 15 is 0 Å². The van der Waals surface area contributed by atoms with Crippen molar-refractivity contribution in [1.29, 1.82) is 0 Å². The first-order valence-electron chi connectivity index (χ1n) is 10.7. The van der Waals surface area contributed by atoms with Gasteiger partial charge in [-0.15, -0.1) is 0 Å². The Morgan fingerprint density at radius 2 is 2.00 bits per heavy atom. The van der Waals surface area contributed by atoms with E-state index in [1.54, 1.807) is 6.33 Å². The number of carbonyl (C=O) groups excluding carboxylic acids is 1. The van der Waals surface area contributed by atoms with E-state index in [1.165, 1.54) is 0 Å². The number of likely N-dealkylation sites (tertiary alicyclic amines) is 1. The van der Waals surface area contributed by atoms with Gasteiger partial charge in [0.05, 0.1) is 17.4 Å². The number of fused-ring (bicyclic) bond motifs is 1. The standard InChI is InChI=1S/C24H25N5O2/c1-17-7-2-3-9-19(17)24-26-22(31-27-24)13-18-8-6-12-28(14-18)23(30)15-29-16-25-20-10-4-5-11-21(20)29/h2-5,7,9-11,16,18H,6,8,12-15H2,1H3/t18-/m0/s1. The molecule has 3 heterocycles. The van der Waals surface area contributed by atoms with Crippen molar-refractivity contribution in [2.75, 3.05) is 13.1 Å². The molecule has 1 aliphatic rings. The molecule has 2 aromatic heterocycles. The summed E-state index contributed by atoms with van der Waals surface area (Å²) in [7, 11) is 0. The van der Waals surface area contributed by atoms with Gasteiger partial charge in [-0.25, -0.2) is 4.98 Å². The van der Waals surface area contributed by atoms with E-state index in [0.29, 0.717) is 37.1 Å². The number of aromatic nitrogens is 4. The first-order chi connectivity index (χ1) is 15.2.